The van der Waals surface area contributed by atoms with Crippen LogP contribution in [0.25, 0.3) is 0 Å². The van der Waals surface area contributed by atoms with Crippen molar-refractivity contribution in [1.82, 2.24) is 5.32 Å². The molecule has 0 radical (unpaired) electrons. The normalized spacial score (nSPS) is 12.6. The van der Waals surface area contributed by atoms with E-state index in [1.54, 1.807) is 0 Å². The van der Waals surface area contributed by atoms with E-state index in [0.29, 0.717) is 12.8 Å². The Balaban J connectivity index is 3.36. The molecule has 0 aliphatic heterocycles. The van der Waals surface area contributed by atoms with Crippen LogP contribution in [0.4, 0.5) is 0 Å². The molecule has 2 atom stereocenters. The monoisotopic (exact) mass is 1060 g/mol. The van der Waals surface area contributed by atoms with Crippen LogP contribution in [0.1, 0.15) is 418 Å². The van der Waals surface area contributed by atoms with Crippen LogP contribution in [0.3, 0.4) is 0 Å². The summed E-state index contributed by atoms with van der Waals surface area (Å²) in [5.74, 6) is -0.0204. The van der Waals surface area contributed by atoms with E-state index in [-0.39, 0.29) is 12.5 Å². The fourth-order valence-corrected chi connectivity index (χ4v) is 11.7. The van der Waals surface area contributed by atoms with Crippen molar-refractivity contribution < 1.29 is 15.0 Å². The second-order valence-corrected chi connectivity index (χ2v) is 24.7. The molecule has 0 aromatic rings. The number of unbranched alkanes of at least 4 members (excludes halogenated alkanes) is 58. The Bertz CT molecular complexity index is 1060. The zero-order valence-corrected chi connectivity index (χ0v) is 51.9. The Labute approximate surface area is 473 Å². The van der Waals surface area contributed by atoms with Crippen molar-refractivity contribution in [3.05, 3.63) is 12.2 Å². The summed E-state index contributed by atoms with van der Waals surface area (Å²) < 4.78 is 0. The highest BCUT2D eigenvalue weighted by atomic mass is 16.3. The number of aliphatic hydroxyl groups excluding tert-OH is 2. The highest BCUT2D eigenvalue weighted by molar-refractivity contribution is 5.76. The van der Waals surface area contributed by atoms with E-state index >= 15 is 0 Å². The minimum absolute atomic E-state index is 0.0204. The maximum atomic E-state index is 12.6. The molecule has 2 unspecified atom stereocenters. The van der Waals surface area contributed by atoms with E-state index in [9.17, 15) is 15.0 Å². The summed E-state index contributed by atoms with van der Waals surface area (Å²) >= 11 is 0. The topological polar surface area (TPSA) is 69.6 Å². The van der Waals surface area contributed by atoms with Crippen LogP contribution in [-0.4, -0.2) is 34.9 Å². The van der Waals surface area contributed by atoms with Crippen molar-refractivity contribution in [1.29, 1.82) is 0 Å². The van der Waals surface area contributed by atoms with Crippen molar-refractivity contribution in [3.8, 4) is 0 Å². The first-order chi connectivity index (χ1) is 37.2. The SMILES string of the molecule is CCCCCCCCCC/C=C\CCCCCCCCCCCCCCCCCCCCCCCC(=O)NC(CO)C(O)CCCCCCCCCCCCCCCCCCCCCCCCCCCCCCCC. The van der Waals surface area contributed by atoms with Crippen molar-refractivity contribution in [3.63, 3.8) is 0 Å². The predicted molar refractivity (Wildman–Crippen MR) is 336 cm³/mol. The molecular formula is C71H141NO3. The molecule has 0 aromatic heterocycles. The summed E-state index contributed by atoms with van der Waals surface area (Å²) in [6.45, 7) is 4.41. The molecule has 1 amide bonds. The van der Waals surface area contributed by atoms with Gasteiger partial charge in [-0.2, -0.15) is 0 Å². The third-order valence-electron chi connectivity index (χ3n) is 17.0. The van der Waals surface area contributed by atoms with Gasteiger partial charge in [-0.25, -0.2) is 0 Å². The number of hydrogen-bond acceptors (Lipinski definition) is 3. The first-order valence-electron chi connectivity index (χ1n) is 35.4. The lowest BCUT2D eigenvalue weighted by Crippen LogP contribution is -2.45. The van der Waals surface area contributed by atoms with Gasteiger partial charge in [0.2, 0.25) is 5.91 Å². The summed E-state index contributed by atoms with van der Waals surface area (Å²) in [5, 5.41) is 23.5. The Morgan fingerprint density at radius 3 is 0.733 bits per heavy atom. The number of hydrogen-bond donors (Lipinski definition) is 3. The van der Waals surface area contributed by atoms with Gasteiger partial charge in [-0.3, -0.25) is 4.79 Å². The van der Waals surface area contributed by atoms with E-state index < -0.39 is 12.1 Å². The molecule has 0 saturated carbocycles. The van der Waals surface area contributed by atoms with Crippen LogP contribution in [0.2, 0.25) is 0 Å². The molecule has 0 saturated heterocycles. The van der Waals surface area contributed by atoms with E-state index in [2.05, 4.69) is 31.3 Å². The number of amides is 1. The van der Waals surface area contributed by atoms with E-state index in [1.165, 1.54) is 366 Å². The lowest BCUT2D eigenvalue weighted by Gasteiger charge is -2.22. The summed E-state index contributed by atoms with van der Waals surface area (Å²) in [5.41, 5.74) is 0. The van der Waals surface area contributed by atoms with Gasteiger partial charge in [-0.05, 0) is 38.5 Å². The lowest BCUT2D eigenvalue weighted by molar-refractivity contribution is -0.123. The molecule has 3 N–H and O–H groups in total. The van der Waals surface area contributed by atoms with Crippen molar-refractivity contribution in [2.45, 2.75) is 431 Å². The molecule has 0 aliphatic rings. The van der Waals surface area contributed by atoms with E-state index in [0.717, 1.165) is 25.7 Å². The third-order valence-corrected chi connectivity index (χ3v) is 17.0. The molecule has 75 heavy (non-hydrogen) atoms. The van der Waals surface area contributed by atoms with Crippen LogP contribution in [0.5, 0.6) is 0 Å². The molecular weight excluding hydrogens is 915 g/mol. The van der Waals surface area contributed by atoms with Gasteiger partial charge in [0.1, 0.15) is 0 Å². The molecule has 0 heterocycles. The second kappa shape index (κ2) is 67.4. The standard InChI is InChI=1S/C71H141NO3/c1-3-5-7-9-11-13-15-17-19-21-23-25-27-29-31-33-35-36-37-39-41-43-45-47-49-51-53-55-57-59-61-63-65-67-71(75)72-69(68-73)70(74)66-64-62-60-58-56-54-52-50-48-46-44-42-40-38-34-32-30-28-26-24-22-20-18-16-14-12-10-8-6-4-2/h21,23,69-70,73-74H,3-20,22,24-68H2,1-2H3,(H,72,75)/b23-21-. The maximum absolute atomic E-state index is 12.6. The number of rotatable bonds is 67. The average molecular weight is 1060 g/mol. The van der Waals surface area contributed by atoms with Crippen molar-refractivity contribution in [2.24, 2.45) is 0 Å². The molecule has 4 heteroatoms. The quantitative estimate of drug-likeness (QED) is 0.0420. The Kier molecular flexibility index (Phi) is 66.6. The highest BCUT2D eigenvalue weighted by Crippen LogP contribution is 2.20. The summed E-state index contributed by atoms with van der Waals surface area (Å²) in [6.07, 6.45) is 89.9. The zero-order chi connectivity index (χ0) is 54.1. The fourth-order valence-electron chi connectivity index (χ4n) is 11.7. The molecule has 0 fully saturated rings. The highest BCUT2D eigenvalue weighted by Gasteiger charge is 2.20. The molecule has 0 bridgehead atoms. The molecule has 0 rings (SSSR count). The molecule has 4 nitrogen and oxygen atoms in total. The van der Waals surface area contributed by atoms with Crippen LogP contribution < -0.4 is 5.32 Å². The van der Waals surface area contributed by atoms with Gasteiger partial charge in [0.25, 0.3) is 0 Å². The first-order valence-corrected chi connectivity index (χ1v) is 35.4. The third kappa shape index (κ3) is 63.8. The lowest BCUT2D eigenvalue weighted by atomic mass is 10.0. The van der Waals surface area contributed by atoms with Gasteiger partial charge >= 0.3 is 0 Å². The van der Waals surface area contributed by atoms with Crippen LogP contribution in [0.15, 0.2) is 12.2 Å². The van der Waals surface area contributed by atoms with Gasteiger partial charge in [0, 0.05) is 6.42 Å². The van der Waals surface area contributed by atoms with E-state index in [4.69, 9.17) is 0 Å². The van der Waals surface area contributed by atoms with Gasteiger partial charge < -0.3 is 15.5 Å². The number of allylic oxidation sites excluding steroid dienone is 2. The van der Waals surface area contributed by atoms with Crippen LogP contribution in [0, 0.1) is 0 Å². The van der Waals surface area contributed by atoms with Crippen molar-refractivity contribution >= 4 is 5.91 Å². The smallest absolute Gasteiger partial charge is 0.220 e. The number of nitrogens with one attached hydrogen (secondary N) is 1. The zero-order valence-electron chi connectivity index (χ0n) is 51.9. The minimum atomic E-state index is -0.658. The number of aliphatic hydroxyl groups is 2. The Hall–Kier alpha value is -0.870. The average Bonchev–Trinajstić information content (AvgIpc) is 3.41. The molecule has 448 valence electrons. The van der Waals surface area contributed by atoms with Gasteiger partial charge in [-0.1, -0.05) is 386 Å². The van der Waals surface area contributed by atoms with E-state index in [1.807, 2.05) is 0 Å². The van der Waals surface area contributed by atoms with Gasteiger partial charge in [0.05, 0.1) is 18.8 Å². The van der Waals surface area contributed by atoms with Gasteiger partial charge in [-0.15, -0.1) is 0 Å². The maximum Gasteiger partial charge on any atom is 0.220 e. The van der Waals surface area contributed by atoms with Gasteiger partial charge in [0.15, 0.2) is 0 Å². The Morgan fingerprint density at radius 2 is 0.507 bits per heavy atom. The summed E-state index contributed by atoms with van der Waals surface area (Å²) in [4.78, 5) is 12.6. The second-order valence-electron chi connectivity index (χ2n) is 24.7. The summed E-state index contributed by atoms with van der Waals surface area (Å²) in [7, 11) is 0. The molecule has 0 spiro atoms. The largest absolute Gasteiger partial charge is 0.394 e. The van der Waals surface area contributed by atoms with Crippen LogP contribution >= 0.6 is 0 Å². The predicted octanol–water partition coefficient (Wildman–Crippen LogP) is 24.0. The van der Waals surface area contributed by atoms with Crippen LogP contribution in [-0.2, 0) is 4.79 Å². The Morgan fingerprint density at radius 1 is 0.307 bits per heavy atom. The first kappa shape index (κ1) is 74.1. The fraction of sp³-hybridized carbons (Fsp3) is 0.958. The molecule has 0 aliphatic carbocycles. The summed E-state index contributed by atoms with van der Waals surface area (Å²) in [6, 6.07) is -0.534. The minimum Gasteiger partial charge on any atom is -0.394 e. The van der Waals surface area contributed by atoms with Crippen molar-refractivity contribution in [2.75, 3.05) is 6.61 Å². The molecule has 0 aromatic carbocycles. The number of carbonyl (C=O) groups excluding carboxylic acids is 1. The number of carbonyl (C=O) groups is 1.